The molecule has 0 bridgehead atoms. The van der Waals surface area contributed by atoms with E-state index < -0.39 is 11.6 Å². The molecule has 2 rings (SSSR count). The van der Waals surface area contributed by atoms with Crippen LogP contribution >= 0.6 is 0 Å². The van der Waals surface area contributed by atoms with Crippen LogP contribution in [-0.4, -0.2) is 17.0 Å². The minimum Gasteiger partial charge on any atom is -0.439 e. The number of hydrogen-bond donors (Lipinski definition) is 1. The maximum Gasteiger partial charge on any atom is 0.221 e. The van der Waals surface area contributed by atoms with E-state index in [1.807, 2.05) is 0 Å². The summed E-state index contributed by atoms with van der Waals surface area (Å²) in [6, 6.07) is 10.2. The zero-order chi connectivity index (χ0) is 13.0. The van der Waals surface area contributed by atoms with Gasteiger partial charge in [0, 0.05) is 12.1 Å². The second-order valence-electron chi connectivity index (χ2n) is 3.43. The van der Waals surface area contributed by atoms with E-state index in [-0.39, 0.29) is 11.6 Å². The van der Waals surface area contributed by atoms with Gasteiger partial charge in [-0.1, -0.05) is 12.1 Å². The Kier molecular flexibility index (Phi) is 3.43. The first kappa shape index (κ1) is 11.9. The molecule has 0 aliphatic heterocycles. The van der Waals surface area contributed by atoms with Crippen molar-refractivity contribution in [1.29, 1.82) is 5.41 Å². The summed E-state index contributed by atoms with van der Waals surface area (Å²) < 4.78 is 18.3. The summed E-state index contributed by atoms with van der Waals surface area (Å²) in [6.07, 6.45) is 0.675. The van der Waals surface area contributed by atoms with Crippen molar-refractivity contribution in [2.75, 3.05) is 0 Å². The van der Waals surface area contributed by atoms with Crippen molar-refractivity contribution in [3.63, 3.8) is 0 Å². The first-order chi connectivity index (χ1) is 8.69. The van der Waals surface area contributed by atoms with E-state index in [9.17, 15) is 9.18 Å². The predicted octanol–water partition coefficient (Wildman–Crippen LogP) is 2.85. The number of pyridine rings is 1. The van der Waals surface area contributed by atoms with Crippen molar-refractivity contribution in [2.45, 2.75) is 0 Å². The van der Waals surface area contributed by atoms with Gasteiger partial charge in [0.25, 0.3) is 0 Å². The molecule has 0 atom stereocenters. The molecule has 1 N–H and O–H groups in total. The summed E-state index contributed by atoms with van der Waals surface area (Å²) in [4.78, 5) is 15.2. The summed E-state index contributed by atoms with van der Waals surface area (Å²) in [5.74, 6) is -0.464. The zero-order valence-corrected chi connectivity index (χ0v) is 9.26. The SMILES string of the molecule is N=CC(=O)c1cccc(Oc2cccc(F)c2)n1. The third-order valence-corrected chi connectivity index (χ3v) is 2.13. The van der Waals surface area contributed by atoms with Crippen LogP contribution in [0.2, 0.25) is 0 Å². The molecular formula is C13H9FN2O2. The van der Waals surface area contributed by atoms with Gasteiger partial charge in [-0.2, -0.15) is 0 Å². The number of hydrogen-bond acceptors (Lipinski definition) is 4. The van der Waals surface area contributed by atoms with Crippen molar-refractivity contribution in [1.82, 2.24) is 4.98 Å². The number of nitrogens with one attached hydrogen (secondary N) is 1. The van der Waals surface area contributed by atoms with Crippen LogP contribution in [-0.2, 0) is 0 Å². The number of Topliss-reactive ketones (excluding diaryl/α,β-unsaturated/α-hetero) is 1. The summed E-state index contributed by atoms with van der Waals surface area (Å²) in [5.41, 5.74) is 0.110. The molecule has 1 aromatic heterocycles. The van der Waals surface area contributed by atoms with Gasteiger partial charge >= 0.3 is 0 Å². The second-order valence-corrected chi connectivity index (χ2v) is 3.43. The third-order valence-electron chi connectivity index (χ3n) is 2.13. The molecule has 0 saturated carbocycles. The van der Waals surface area contributed by atoms with Gasteiger partial charge in [-0.3, -0.25) is 4.79 Å². The van der Waals surface area contributed by atoms with Crippen LogP contribution in [0.3, 0.4) is 0 Å². The van der Waals surface area contributed by atoms with Crippen molar-refractivity contribution < 1.29 is 13.9 Å². The van der Waals surface area contributed by atoms with Gasteiger partial charge in [0.2, 0.25) is 11.7 Å². The molecule has 0 unspecified atom stereocenters. The van der Waals surface area contributed by atoms with Gasteiger partial charge in [-0.25, -0.2) is 9.37 Å². The van der Waals surface area contributed by atoms with Crippen molar-refractivity contribution >= 4 is 12.0 Å². The van der Waals surface area contributed by atoms with Gasteiger partial charge in [0.1, 0.15) is 17.3 Å². The van der Waals surface area contributed by atoms with Crippen LogP contribution < -0.4 is 4.74 Å². The van der Waals surface area contributed by atoms with Crippen LogP contribution in [0.1, 0.15) is 10.5 Å². The lowest BCUT2D eigenvalue weighted by Crippen LogP contribution is -2.03. The van der Waals surface area contributed by atoms with Crippen LogP contribution in [0.15, 0.2) is 42.5 Å². The van der Waals surface area contributed by atoms with Crippen LogP contribution in [0.25, 0.3) is 0 Å². The minimum atomic E-state index is -0.514. The highest BCUT2D eigenvalue weighted by atomic mass is 19.1. The highest BCUT2D eigenvalue weighted by Crippen LogP contribution is 2.20. The Hall–Kier alpha value is -2.56. The Bertz CT molecular complexity index is 599. The van der Waals surface area contributed by atoms with Gasteiger partial charge in [0.15, 0.2) is 0 Å². The lowest BCUT2D eigenvalue weighted by molar-refractivity contribution is 0.106. The fraction of sp³-hybridized carbons (Fsp3) is 0. The van der Waals surface area contributed by atoms with E-state index >= 15 is 0 Å². The maximum absolute atomic E-state index is 12.9. The topological polar surface area (TPSA) is 63.0 Å². The first-order valence-electron chi connectivity index (χ1n) is 5.14. The highest BCUT2D eigenvalue weighted by molar-refractivity contribution is 6.33. The number of nitrogens with zero attached hydrogens (tertiary/aromatic N) is 1. The van der Waals surface area contributed by atoms with Crippen LogP contribution in [0.5, 0.6) is 11.6 Å². The molecule has 0 aliphatic carbocycles. The minimum absolute atomic E-state index is 0.110. The fourth-order valence-corrected chi connectivity index (χ4v) is 1.33. The van der Waals surface area contributed by atoms with Crippen LogP contribution in [0, 0.1) is 11.2 Å². The standard InChI is InChI=1S/C13H9FN2O2/c14-9-3-1-4-10(7-9)18-13-6-2-5-11(16-13)12(17)8-15/h1-8,15H. The number of ether oxygens (including phenoxy) is 1. The quantitative estimate of drug-likeness (QED) is 0.664. The molecule has 0 spiro atoms. The maximum atomic E-state index is 12.9. The molecule has 0 aliphatic rings. The van der Waals surface area contributed by atoms with Crippen molar-refractivity contribution in [2.24, 2.45) is 0 Å². The molecule has 0 radical (unpaired) electrons. The monoisotopic (exact) mass is 244 g/mol. The van der Waals surface area contributed by atoms with E-state index in [1.54, 1.807) is 18.2 Å². The number of aromatic nitrogens is 1. The molecule has 90 valence electrons. The molecule has 0 saturated heterocycles. The molecule has 0 amide bonds. The Balaban J connectivity index is 2.24. The highest BCUT2D eigenvalue weighted by Gasteiger charge is 2.06. The molecule has 1 heterocycles. The third kappa shape index (κ3) is 2.76. The molecular weight excluding hydrogens is 235 g/mol. The van der Waals surface area contributed by atoms with Gasteiger partial charge in [-0.15, -0.1) is 0 Å². The molecule has 4 nitrogen and oxygen atoms in total. The van der Waals surface area contributed by atoms with Crippen molar-refractivity contribution in [3.8, 4) is 11.6 Å². The zero-order valence-electron chi connectivity index (χ0n) is 9.26. The van der Waals surface area contributed by atoms with E-state index in [0.717, 1.165) is 0 Å². The Morgan fingerprint density at radius 2 is 2.06 bits per heavy atom. The molecule has 5 heteroatoms. The summed E-state index contributed by atoms with van der Waals surface area (Å²) >= 11 is 0. The van der Waals surface area contributed by atoms with E-state index in [4.69, 9.17) is 10.1 Å². The lowest BCUT2D eigenvalue weighted by atomic mass is 10.2. The Morgan fingerprint density at radius 1 is 1.28 bits per heavy atom. The number of benzene rings is 1. The number of ketones is 1. The second kappa shape index (κ2) is 5.18. The van der Waals surface area contributed by atoms with E-state index in [1.165, 1.54) is 24.3 Å². The van der Waals surface area contributed by atoms with Crippen LogP contribution in [0.4, 0.5) is 4.39 Å². The summed E-state index contributed by atoms with van der Waals surface area (Å²) in [7, 11) is 0. The number of rotatable bonds is 4. The van der Waals surface area contributed by atoms with Crippen molar-refractivity contribution in [3.05, 3.63) is 54.0 Å². The van der Waals surface area contributed by atoms with E-state index in [0.29, 0.717) is 12.0 Å². The average Bonchev–Trinajstić information content (AvgIpc) is 2.38. The predicted molar refractivity (Wildman–Crippen MR) is 63.8 cm³/mol. The molecule has 2 aromatic rings. The lowest BCUT2D eigenvalue weighted by Gasteiger charge is -2.05. The number of carbonyl (C=O) groups is 1. The van der Waals surface area contributed by atoms with Gasteiger partial charge in [0.05, 0.1) is 6.21 Å². The Morgan fingerprint density at radius 3 is 2.78 bits per heavy atom. The Labute approximate surface area is 103 Å². The molecule has 18 heavy (non-hydrogen) atoms. The largest absolute Gasteiger partial charge is 0.439 e. The normalized spacial score (nSPS) is 9.83. The van der Waals surface area contributed by atoms with Gasteiger partial charge in [-0.05, 0) is 18.2 Å². The smallest absolute Gasteiger partial charge is 0.221 e. The van der Waals surface area contributed by atoms with E-state index in [2.05, 4.69) is 4.98 Å². The summed E-state index contributed by atoms with van der Waals surface area (Å²) in [5, 5.41) is 6.86. The number of halogens is 1. The number of carbonyl (C=O) groups excluding carboxylic acids is 1. The molecule has 1 aromatic carbocycles. The first-order valence-corrected chi connectivity index (χ1v) is 5.14. The van der Waals surface area contributed by atoms with Gasteiger partial charge < -0.3 is 10.1 Å². The average molecular weight is 244 g/mol. The molecule has 0 fully saturated rings. The fourth-order valence-electron chi connectivity index (χ4n) is 1.33. The summed E-state index contributed by atoms with van der Waals surface area (Å²) in [6.45, 7) is 0.